The maximum Gasteiger partial charge on any atom is 0.326 e. The van der Waals surface area contributed by atoms with E-state index in [2.05, 4.69) is 22.5 Å². The number of carbonyl (C=O) groups is 2. The van der Waals surface area contributed by atoms with Gasteiger partial charge in [0, 0.05) is 19.1 Å². The Morgan fingerprint density at radius 2 is 1.90 bits per heavy atom. The van der Waals surface area contributed by atoms with Crippen molar-refractivity contribution < 1.29 is 14.7 Å². The molecular weight excluding hydrogens is 270 g/mol. The summed E-state index contributed by atoms with van der Waals surface area (Å²) in [6.45, 7) is 9.14. The van der Waals surface area contributed by atoms with E-state index in [9.17, 15) is 9.59 Å². The summed E-state index contributed by atoms with van der Waals surface area (Å²) in [5, 5.41) is 14.6. The van der Waals surface area contributed by atoms with Gasteiger partial charge in [-0.1, -0.05) is 20.8 Å². The smallest absolute Gasteiger partial charge is 0.326 e. The molecule has 122 valence electrons. The van der Waals surface area contributed by atoms with Crippen LogP contribution in [0.4, 0.5) is 4.79 Å². The number of urea groups is 1. The van der Waals surface area contributed by atoms with E-state index in [-0.39, 0.29) is 18.0 Å². The molecule has 0 aromatic rings. The largest absolute Gasteiger partial charge is 0.480 e. The number of nitrogens with one attached hydrogen (secondary N) is 2. The molecule has 1 saturated heterocycles. The molecule has 1 aliphatic rings. The summed E-state index contributed by atoms with van der Waals surface area (Å²) < 4.78 is 0. The monoisotopic (exact) mass is 299 g/mol. The standard InChI is InChI=1S/C15H29N3O3/c1-4-7-18-8-5-12(6-9-18)16-15(21)17-13(14(19)20)10-11(2)3/h11-13H,4-10H2,1-3H3,(H,19,20)(H2,16,17,21)/t13-/m0/s1. The molecule has 6 nitrogen and oxygen atoms in total. The highest BCUT2D eigenvalue weighted by Crippen LogP contribution is 2.11. The Morgan fingerprint density at radius 1 is 1.29 bits per heavy atom. The van der Waals surface area contributed by atoms with Crippen LogP contribution in [0.1, 0.15) is 46.5 Å². The molecule has 0 aromatic heterocycles. The van der Waals surface area contributed by atoms with Crippen molar-refractivity contribution in [3.63, 3.8) is 0 Å². The van der Waals surface area contributed by atoms with Gasteiger partial charge in [-0.2, -0.15) is 0 Å². The summed E-state index contributed by atoms with van der Waals surface area (Å²) in [6.07, 6.45) is 3.44. The number of piperidine rings is 1. The zero-order chi connectivity index (χ0) is 15.8. The molecule has 1 rings (SSSR count). The van der Waals surface area contributed by atoms with Gasteiger partial charge in [0.2, 0.25) is 0 Å². The first-order chi connectivity index (χ1) is 9.92. The number of carbonyl (C=O) groups excluding carboxylic acids is 1. The lowest BCUT2D eigenvalue weighted by Crippen LogP contribution is -2.52. The Labute approximate surface area is 127 Å². The molecule has 0 bridgehead atoms. The van der Waals surface area contributed by atoms with E-state index >= 15 is 0 Å². The Morgan fingerprint density at radius 3 is 2.38 bits per heavy atom. The molecule has 0 aliphatic carbocycles. The lowest BCUT2D eigenvalue weighted by molar-refractivity contribution is -0.139. The van der Waals surface area contributed by atoms with Gasteiger partial charge in [-0.25, -0.2) is 9.59 Å². The zero-order valence-corrected chi connectivity index (χ0v) is 13.4. The van der Waals surface area contributed by atoms with Crippen molar-refractivity contribution in [1.29, 1.82) is 0 Å². The predicted octanol–water partition coefficient (Wildman–Crippen LogP) is 1.66. The van der Waals surface area contributed by atoms with Gasteiger partial charge < -0.3 is 20.6 Å². The van der Waals surface area contributed by atoms with E-state index in [1.54, 1.807) is 0 Å². The van der Waals surface area contributed by atoms with Gasteiger partial charge in [-0.3, -0.25) is 0 Å². The molecule has 0 spiro atoms. The number of amides is 2. The highest BCUT2D eigenvalue weighted by molar-refractivity contribution is 5.82. The topological polar surface area (TPSA) is 81.7 Å². The lowest BCUT2D eigenvalue weighted by atomic mass is 10.0. The molecule has 0 saturated carbocycles. The van der Waals surface area contributed by atoms with E-state index < -0.39 is 12.0 Å². The fourth-order valence-electron chi connectivity index (χ4n) is 2.70. The van der Waals surface area contributed by atoms with Crippen molar-refractivity contribution in [3.8, 4) is 0 Å². The zero-order valence-electron chi connectivity index (χ0n) is 13.4. The molecule has 3 N–H and O–H groups in total. The van der Waals surface area contributed by atoms with Crippen LogP contribution in [0, 0.1) is 5.92 Å². The minimum Gasteiger partial charge on any atom is -0.480 e. The van der Waals surface area contributed by atoms with E-state index in [1.165, 1.54) is 0 Å². The Kier molecular flexibility index (Phi) is 7.50. The molecule has 1 fully saturated rings. The summed E-state index contributed by atoms with van der Waals surface area (Å²) in [5.41, 5.74) is 0. The van der Waals surface area contributed by atoms with Gasteiger partial charge in [-0.15, -0.1) is 0 Å². The number of carboxylic acid groups (broad SMARTS) is 1. The number of hydrogen-bond acceptors (Lipinski definition) is 3. The third-order valence-corrected chi connectivity index (χ3v) is 3.77. The molecule has 0 aromatic carbocycles. The highest BCUT2D eigenvalue weighted by atomic mass is 16.4. The Hall–Kier alpha value is -1.30. The van der Waals surface area contributed by atoms with Crippen LogP contribution in [0.5, 0.6) is 0 Å². The summed E-state index contributed by atoms with van der Waals surface area (Å²) in [6, 6.07) is -1.03. The van der Waals surface area contributed by atoms with Crippen molar-refractivity contribution >= 4 is 12.0 Å². The van der Waals surface area contributed by atoms with Crippen LogP contribution >= 0.6 is 0 Å². The molecule has 1 heterocycles. The predicted molar refractivity (Wildman–Crippen MR) is 82.3 cm³/mol. The Bertz CT molecular complexity index is 339. The van der Waals surface area contributed by atoms with Crippen LogP contribution < -0.4 is 10.6 Å². The summed E-state index contributed by atoms with van der Waals surface area (Å²) >= 11 is 0. The van der Waals surface area contributed by atoms with Crippen molar-refractivity contribution in [2.75, 3.05) is 19.6 Å². The van der Waals surface area contributed by atoms with Gasteiger partial charge in [0.25, 0.3) is 0 Å². The fraction of sp³-hybridized carbons (Fsp3) is 0.867. The van der Waals surface area contributed by atoms with Gasteiger partial charge in [0.1, 0.15) is 6.04 Å². The molecule has 1 atom stereocenters. The van der Waals surface area contributed by atoms with Crippen LogP contribution in [0.2, 0.25) is 0 Å². The van der Waals surface area contributed by atoms with E-state index in [0.29, 0.717) is 6.42 Å². The van der Waals surface area contributed by atoms with E-state index in [4.69, 9.17) is 5.11 Å². The third-order valence-electron chi connectivity index (χ3n) is 3.77. The van der Waals surface area contributed by atoms with Crippen LogP contribution in [0.3, 0.4) is 0 Å². The second kappa shape index (κ2) is 8.87. The van der Waals surface area contributed by atoms with Gasteiger partial charge in [0.05, 0.1) is 0 Å². The average Bonchev–Trinajstić information content (AvgIpc) is 2.40. The van der Waals surface area contributed by atoms with Gasteiger partial charge in [-0.05, 0) is 38.1 Å². The van der Waals surface area contributed by atoms with Gasteiger partial charge >= 0.3 is 12.0 Å². The molecule has 21 heavy (non-hydrogen) atoms. The molecule has 6 heteroatoms. The number of hydrogen-bond donors (Lipinski definition) is 3. The third kappa shape index (κ3) is 6.80. The van der Waals surface area contributed by atoms with Gasteiger partial charge in [0.15, 0.2) is 0 Å². The normalized spacial score (nSPS) is 18.5. The second-order valence-electron chi connectivity index (χ2n) is 6.25. The van der Waals surface area contributed by atoms with Crippen molar-refractivity contribution in [3.05, 3.63) is 0 Å². The number of nitrogens with zero attached hydrogens (tertiary/aromatic N) is 1. The summed E-state index contributed by atoms with van der Waals surface area (Å²) in [4.78, 5) is 25.4. The second-order valence-corrected chi connectivity index (χ2v) is 6.25. The van der Waals surface area contributed by atoms with Crippen LogP contribution in [-0.4, -0.2) is 53.7 Å². The van der Waals surface area contributed by atoms with Crippen LogP contribution in [0.15, 0.2) is 0 Å². The van der Waals surface area contributed by atoms with Crippen LogP contribution in [0.25, 0.3) is 0 Å². The average molecular weight is 299 g/mol. The van der Waals surface area contributed by atoms with Crippen molar-refractivity contribution in [2.24, 2.45) is 5.92 Å². The maximum atomic E-state index is 11.9. The minimum atomic E-state index is -0.975. The summed E-state index contributed by atoms with van der Waals surface area (Å²) in [7, 11) is 0. The van der Waals surface area contributed by atoms with Crippen molar-refractivity contribution in [1.82, 2.24) is 15.5 Å². The number of aliphatic carboxylic acids is 1. The van der Waals surface area contributed by atoms with Crippen molar-refractivity contribution in [2.45, 2.75) is 58.5 Å². The molecule has 1 aliphatic heterocycles. The number of carboxylic acids is 1. The molecular formula is C15H29N3O3. The lowest BCUT2D eigenvalue weighted by Gasteiger charge is -2.32. The highest BCUT2D eigenvalue weighted by Gasteiger charge is 2.24. The minimum absolute atomic E-state index is 0.145. The SMILES string of the molecule is CCCN1CCC(NC(=O)N[C@@H](CC(C)C)C(=O)O)CC1. The first-order valence-electron chi connectivity index (χ1n) is 7.94. The van der Waals surface area contributed by atoms with E-state index in [0.717, 1.165) is 38.9 Å². The molecule has 2 amide bonds. The first-order valence-corrected chi connectivity index (χ1v) is 7.94. The molecule has 0 unspecified atom stereocenters. The Balaban J connectivity index is 2.34. The summed E-state index contributed by atoms with van der Waals surface area (Å²) in [5.74, 6) is -0.750. The number of rotatable bonds is 7. The fourth-order valence-corrected chi connectivity index (χ4v) is 2.70. The van der Waals surface area contributed by atoms with Crippen LogP contribution in [-0.2, 0) is 4.79 Å². The maximum absolute atomic E-state index is 11.9. The quantitative estimate of drug-likeness (QED) is 0.668. The first kappa shape index (κ1) is 17.8. The van der Waals surface area contributed by atoms with E-state index in [1.807, 2.05) is 13.8 Å². The number of likely N-dealkylation sites (tertiary alicyclic amines) is 1. The molecule has 0 radical (unpaired) electrons.